The summed E-state index contributed by atoms with van der Waals surface area (Å²) in [6.45, 7) is 4.90. The van der Waals surface area contributed by atoms with Gasteiger partial charge >= 0.3 is 6.30 Å². The fraction of sp³-hybridized carbons (Fsp3) is 0.500. The Morgan fingerprint density at radius 1 is 1.12 bits per heavy atom. The molecule has 0 aliphatic carbocycles. The molecule has 0 bridgehead atoms. The van der Waals surface area contributed by atoms with E-state index in [4.69, 9.17) is 0 Å². The number of benzene rings is 1. The van der Waals surface area contributed by atoms with Crippen molar-refractivity contribution in [3.8, 4) is 0 Å². The molecule has 0 fully saturated rings. The molecule has 1 aromatic carbocycles. The molecule has 1 nitrogen and oxygen atoms in total. The van der Waals surface area contributed by atoms with Crippen LogP contribution in [-0.2, 0) is 6.54 Å². The predicted molar refractivity (Wildman–Crippen MR) is 57.9 cm³/mol. The largest absolute Gasteiger partial charge is 0.460 e. The number of aryl methyl sites for hydroxylation is 1. The summed E-state index contributed by atoms with van der Waals surface area (Å²) in [7, 11) is 0. The molecule has 16 heavy (non-hydrogen) atoms. The molecule has 1 aromatic rings. The normalized spacial score (nSPS) is 12.5. The fourth-order valence-corrected chi connectivity index (χ4v) is 1.46. The van der Waals surface area contributed by atoms with E-state index in [9.17, 15) is 13.2 Å². The predicted octanol–water partition coefficient (Wildman–Crippen LogP) is 3.73. The van der Waals surface area contributed by atoms with Gasteiger partial charge in [-0.25, -0.2) is 4.90 Å². The fourth-order valence-electron chi connectivity index (χ4n) is 1.46. The number of nitrogens with zero attached hydrogens (tertiary/aromatic N) is 1. The van der Waals surface area contributed by atoms with Gasteiger partial charge in [0.15, 0.2) is 0 Å². The summed E-state index contributed by atoms with van der Waals surface area (Å²) in [5.41, 5.74) is 1.73. The molecule has 0 unspecified atom stereocenters. The van der Waals surface area contributed by atoms with Crippen LogP contribution in [0.2, 0.25) is 0 Å². The molecule has 0 saturated heterocycles. The lowest BCUT2D eigenvalue weighted by Crippen LogP contribution is -2.42. The van der Waals surface area contributed by atoms with Crippen molar-refractivity contribution in [3.63, 3.8) is 0 Å². The van der Waals surface area contributed by atoms with E-state index in [1.54, 1.807) is 26.0 Å². The molecule has 90 valence electrons. The van der Waals surface area contributed by atoms with Gasteiger partial charge in [0, 0.05) is 12.6 Å². The quantitative estimate of drug-likeness (QED) is 0.716. The van der Waals surface area contributed by atoms with Crippen LogP contribution in [0.5, 0.6) is 0 Å². The van der Waals surface area contributed by atoms with Crippen molar-refractivity contribution in [1.82, 2.24) is 4.90 Å². The van der Waals surface area contributed by atoms with E-state index in [0.717, 1.165) is 5.56 Å². The lowest BCUT2D eigenvalue weighted by Gasteiger charge is -2.28. The number of hydrogen-bond donors (Lipinski definition) is 0. The highest BCUT2D eigenvalue weighted by molar-refractivity contribution is 5.21. The third-order valence-corrected chi connectivity index (χ3v) is 2.42. The molecule has 0 aromatic heterocycles. The maximum atomic E-state index is 12.7. The molecule has 0 radical (unpaired) electrons. The molecule has 0 aliphatic heterocycles. The van der Waals surface area contributed by atoms with Gasteiger partial charge in [-0.3, -0.25) is 0 Å². The molecule has 0 saturated carbocycles. The van der Waals surface area contributed by atoms with Gasteiger partial charge in [0.2, 0.25) is 0 Å². The second-order valence-electron chi connectivity index (χ2n) is 4.18. The molecule has 0 aliphatic rings. The zero-order valence-corrected chi connectivity index (χ0v) is 9.67. The first kappa shape index (κ1) is 13.0. The van der Waals surface area contributed by atoms with Crippen LogP contribution in [0.15, 0.2) is 24.3 Å². The number of rotatable bonds is 3. The first-order valence-corrected chi connectivity index (χ1v) is 5.19. The molecule has 0 heterocycles. The van der Waals surface area contributed by atoms with Crippen LogP contribution in [0.1, 0.15) is 25.0 Å². The summed E-state index contributed by atoms with van der Waals surface area (Å²) in [6, 6.07) is 6.56. The Balaban J connectivity index is 2.80. The summed E-state index contributed by atoms with van der Waals surface area (Å²) in [5, 5.41) is 0. The molecule has 0 amide bonds. The summed E-state index contributed by atoms with van der Waals surface area (Å²) in [5.74, 6) is 0. The Kier molecular flexibility index (Phi) is 3.97. The summed E-state index contributed by atoms with van der Waals surface area (Å²) in [4.78, 5) is 0.525. The van der Waals surface area contributed by atoms with Crippen molar-refractivity contribution < 1.29 is 13.2 Å². The molecule has 0 atom stereocenters. The van der Waals surface area contributed by atoms with Gasteiger partial charge in [0.25, 0.3) is 0 Å². The van der Waals surface area contributed by atoms with E-state index in [1.807, 2.05) is 19.1 Å². The zero-order valence-electron chi connectivity index (χ0n) is 9.67. The van der Waals surface area contributed by atoms with Gasteiger partial charge in [0.05, 0.1) is 0 Å². The van der Waals surface area contributed by atoms with Crippen LogP contribution in [0.25, 0.3) is 0 Å². The second-order valence-corrected chi connectivity index (χ2v) is 4.18. The van der Waals surface area contributed by atoms with Crippen LogP contribution >= 0.6 is 0 Å². The molecule has 0 N–H and O–H groups in total. The molecule has 4 heteroatoms. The minimum atomic E-state index is -4.28. The van der Waals surface area contributed by atoms with E-state index < -0.39 is 12.3 Å². The first-order valence-electron chi connectivity index (χ1n) is 5.19. The molecule has 0 spiro atoms. The van der Waals surface area contributed by atoms with Gasteiger partial charge in [-0.05, 0) is 26.3 Å². The number of alkyl halides is 3. The van der Waals surface area contributed by atoms with Crippen molar-refractivity contribution in [2.75, 3.05) is 0 Å². The van der Waals surface area contributed by atoms with Crippen LogP contribution in [0.4, 0.5) is 13.2 Å². The lowest BCUT2D eigenvalue weighted by atomic mass is 10.1. The van der Waals surface area contributed by atoms with Crippen LogP contribution in [0.3, 0.4) is 0 Å². The topological polar surface area (TPSA) is 3.24 Å². The minimum Gasteiger partial charge on any atom is -0.208 e. The number of hydrogen-bond acceptors (Lipinski definition) is 1. The standard InChI is InChI=1S/C12H16F3N/c1-9(2)16(12(13,14)15)8-11-6-4-10(3)5-7-11/h4-7,9H,8H2,1-3H3. The van der Waals surface area contributed by atoms with Crippen molar-refractivity contribution in [2.24, 2.45) is 0 Å². The minimum absolute atomic E-state index is 0.0958. The summed E-state index contributed by atoms with van der Waals surface area (Å²) >= 11 is 0. The molecular formula is C12H16F3N. The maximum absolute atomic E-state index is 12.7. The van der Waals surface area contributed by atoms with E-state index in [1.165, 1.54) is 0 Å². The van der Waals surface area contributed by atoms with Crippen molar-refractivity contribution in [2.45, 2.75) is 39.7 Å². The zero-order chi connectivity index (χ0) is 12.3. The van der Waals surface area contributed by atoms with Gasteiger partial charge in [-0.15, -0.1) is 0 Å². The summed E-state index contributed by atoms with van der Waals surface area (Å²) < 4.78 is 38.0. The lowest BCUT2D eigenvalue weighted by molar-refractivity contribution is -0.259. The highest BCUT2D eigenvalue weighted by Crippen LogP contribution is 2.26. The van der Waals surface area contributed by atoms with Gasteiger partial charge in [-0.2, -0.15) is 13.2 Å². The smallest absolute Gasteiger partial charge is 0.208 e. The van der Waals surface area contributed by atoms with E-state index >= 15 is 0 Å². The Bertz CT molecular complexity index is 327. The summed E-state index contributed by atoms with van der Waals surface area (Å²) in [6.07, 6.45) is -4.28. The third-order valence-electron chi connectivity index (χ3n) is 2.42. The van der Waals surface area contributed by atoms with Gasteiger partial charge < -0.3 is 0 Å². The van der Waals surface area contributed by atoms with Crippen molar-refractivity contribution >= 4 is 0 Å². The van der Waals surface area contributed by atoms with Gasteiger partial charge in [0.1, 0.15) is 0 Å². The molecular weight excluding hydrogens is 215 g/mol. The van der Waals surface area contributed by atoms with Crippen LogP contribution < -0.4 is 0 Å². The Morgan fingerprint density at radius 3 is 2.00 bits per heavy atom. The Hall–Kier alpha value is -1.03. The first-order chi connectivity index (χ1) is 7.30. The van der Waals surface area contributed by atoms with Crippen LogP contribution in [0, 0.1) is 6.92 Å². The van der Waals surface area contributed by atoms with Gasteiger partial charge in [-0.1, -0.05) is 29.8 Å². The highest BCUT2D eigenvalue weighted by atomic mass is 19.4. The third kappa shape index (κ3) is 3.52. The average Bonchev–Trinajstić information content (AvgIpc) is 2.14. The monoisotopic (exact) mass is 231 g/mol. The second kappa shape index (κ2) is 4.87. The average molecular weight is 231 g/mol. The highest BCUT2D eigenvalue weighted by Gasteiger charge is 2.38. The van der Waals surface area contributed by atoms with E-state index in [-0.39, 0.29) is 6.54 Å². The Morgan fingerprint density at radius 2 is 1.62 bits per heavy atom. The van der Waals surface area contributed by atoms with Crippen LogP contribution in [-0.4, -0.2) is 17.2 Å². The number of halogens is 3. The van der Waals surface area contributed by atoms with Crippen molar-refractivity contribution in [3.05, 3.63) is 35.4 Å². The SMILES string of the molecule is Cc1ccc(CN(C(C)C)C(F)(F)F)cc1. The maximum Gasteiger partial charge on any atom is 0.460 e. The Labute approximate surface area is 93.9 Å². The van der Waals surface area contributed by atoms with E-state index in [0.29, 0.717) is 10.5 Å². The van der Waals surface area contributed by atoms with E-state index in [2.05, 4.69) is 0 Å². The molecule has 1 rings (SSSR count). The van der Waals surface area contributed by atoms with Crippen molar-refractivity contribution in [1.29, 1.82) is 0 Å².